The van der Waals surface area contributed by atoms with Crippen molar-refractivity contribution < 1.29 is 23.8 Å². The van der Waals surface area contributed by atoms with Crippen LogP contribution in [0.2, 0.25) is 0 Å². The van der Waals surface area contributed by atoms with E-state index < -0.39 is 12.2 Å². The summed E-state index contributed by atoms with van der Waals surface area (Å²) in [4.78, 5) is 26.1. The van der Waals surface area contributed by atoms with Gasteiger partial charge < -0.3 is 24.3 Å². The first-order valence-electron chi connectivity index (χ1n) is 11.6. The van der Waals surface area contributed by atoms with Gasteiger partial charge in [0.25, 0.3) is 5.91 Å². The van der Waals surface area contributed by atoms with Crippen molar-refractivity contribution in [1.82, 2.24) is 5.32 Å². The quantitative estimate of drug-likeness (QED) is 0.554. The maximum Gasteiger partial charge on any atom is 0.286 e. The number of nitrogens with one attached hydrogen (secondary N) is 1. The van der Waals surface area contributed by atoms with E-state index in [9.17, 15) is 14.7 Å². The largest absolute Gasteiger partial charge is 0.464 e. The van der Waals surface area contributed by atoms with Crippen LogP contribution in [0.1, 0.15) is 48.3 Å². The standard InChI is InChI=1S/C27H27NO6/c29-14-17-8-10-18(11-9-17)15-33-25-13-19(12-24(34-25)27(31)28-20-4-3-5-20)22-16-32-23-7-2-1-6-21(23)26(22)30/h1-2,6-12,16,19-20,25,29H,3-5,13-15H2,(H,28,31)/t19-,25+/m1/s1. The molecule has 2 heterocycles. The predicted octanol–water partition coefficient (Wildman–Crippen LogP) is 3.88. The van der Waals surface area contributed by atoms with Crippen LogP contribution in [0.25, 0.3) is 11.0 Å². The van der Waals surface area contributed by atoms with Gasteiger partial charge in [-0.3, -0.25) is 9.59 Å². The molecular formula is C27H27NO6. The molecule has 5 rings (SSSR count). The molecule has 1 aliphatic heterocycles. The third kappa shape index (κ3) is 4.76. The van der Waals surface area contributed by atoms with Crippen molar-refractivity contribution in [2.45, 2.75) is 57.1 Å². The van der Waals surface area contributed by atoms with Crippen LogP contribution < -0.4 is 10.7 Å². The maximum absolute atomic E-state index is 13.2. The smallest absolute Gasteiger partial charge is 0.286 e. The lowest BCUT2D eigenvalue weighted by Crippen LogP contribution is -2.42. The minimum Gasteiger partial charge on any atom is -0.464 e. The zero-order valence-electron chi connectivity index (χ0n) is 18.7. The van der Waals surface area contributed by atoms with Crippen LogP contribution in [-0.4, -0.2) is 23.3 Å². The Hall–Kier alpha value is -3.42. The number of benzene rings is 2. The highest BCUT2D eigenvalue weighted by Gasteiger charge is 2.32. The Balaban J connectivity index is 1.39. The second-order valence-corrected chi connectivity index (χ2v) is 8.82. The number of carbonyl (C=O) groups is 1. The minimum atomic E-state index is -0.708. The van der Waals surface area contributed by atoms with E-state index in [4.69, 9.17) is 13.9 Å². The van der Waals surface area contributed by atoms with Crippen LogP contribution in [-0.2, 0) is 27.5 Å². The maximum atomic E-state index is 13.2. The number of para-hydroxylation sites is 1. The van der Waals surface area contributed by atoms with Gasteiger partial charge in [0.2, 0.25) is 6.29 Å². The van der Waals surface area contributed by atoms with Crippen molar-refractivity contribution in [2.75, 3.05) is 0 Å². The van der Waals surface area contributed by atoms with E-state index in [0.717, 1.165) is 30.4 Å². The molecule has 1 aromatic heterocycles. The van der Waals surface area contributed by atoms with Crippen LogP contribution in [0.3, 0.4) is 0 Å². The molecule has 0 spiro atoms. The Labute approximate surface area is 197 Å². The normalized spacial score (nSPS) is 20.3. The summed E-state index contributed by atoms with van der Waals surface area (Å²) in [5, 5.41) is 12.7. The molecule has 2 aliphatic rings. The summed E-state index contributed by atoms with van der Waals surface area (Å²) in [6.45, 7) is 0.250. The fourth-order valence-corrected chi connectivity index (χ4v) is 4.22. The first kappa shape index (κ1) is 22.4. The van der Waals surface area contributed by atoms with Gasteiger partial charge in [-0.15, -0.1) is 0 Å². The Morgan fingerprint density at radius 3 is 2.59 bits per heavy atom. The van der Waals surface area contributed by atoms with Crippen molar-refractivity contribution >= 4 is 16.9 Å². The highest BCUT2D eigenvalue weighted by atomic mass is 16.7. The van der Waals surface area contributed by atoms with E-state index in [0.29, 0.717) is 23.0 Å². The number of rotatable bonds is 7. The van der Waals surface area contributed by atoms with E-state index in [1.54, 1.807) is 24.3 Å². The molecule has 34 heavy (non-hydrogen) atoms. The van der Waals surface area contributed by atoms with Gasteiger partial charge in [0.05, 0.1) is 24.9 Å². The third-order valence-electron chi connectivity index (χ3n) is 6.47. The van der Waals surface area contributed by atoms with Gasteiger partial charge in [0, 0.05) is 23.9 Å². The second-order valence-electron chi connectivity index (χ2n) is 8.82. The van der Waals surface area contributed by atoms with Crippen LogP contribution in [0.4, 0.5) is 0 Å². The Morgan fingerprint density at radius 2 is 1.85 bits per heavy atom. The summed E-state index contributed by atoms with van der Waals surface area (Å²) < 4.78 is 17.6. The Bertz CT molecular complexity index is 1260. The van der Waals surface area contributed by atoms with Gasteiger partial charge in [0.15, 0.2) is 11.2 Å². The van der Waals surface area contributed by atoms with E-state index in [2.05, 4.69) is 5.32 Å². The van der Waals surface area contributed by atoms with Crippen LogP contribution in [0.15, 0.2) is 75.8 Å². The molecule has 3 aromatic rings. The average molecular weight is 462 g/mol. The molecule has 1 aliphatic carbocycles. The highest BCUT2D eigenvalue weighted by Crippen LogP contribution is 2.32. The summed E-state index contributed by atoms with van der Waals surface area (Å²) >= 11 is 0. The molecule has 2 atom stereocenters. The third-order valence-corrected chi connectivity index (χ3v) is 6.47. The first-order valence-corrected chi connectivity index (χ1v) is 11.6. The van der Waals surface area contributed by atoms with Crippen LogP contribution >= 0.6 is 0 Å². The lowest BCUT2D eigenvalue weighted by molar-refractivity contribution is -0.151. The van der Waals surface area contributed by atoms with Gasteiger partial charge in [-0.1, -0.05) is 36.4 Å². The van der Waals surface area contributed by atoms with Crippen molar-refractivity contribution in [2.24, 2.45) is 0 Å². The first-order chi connectivity index (χ1) is 16.6. The lowest BCUT2D eigenvalue weighted by Gasteiger charge is -2.31. The summed E-state index contributed by atoms with van der Waals surface area (Å²) in [6.07, 6.45) is 5.86. The van der Waals surface area contributed by atoms with Crippen molar-refractivity contribution in [1.29, 1.82) is 0 Å². The van der Waals surface area contributed by atoms with Gasteiger partial charge in [-0.05, 0) is 48.6 Å². The Kier molecular flexibility index (Phi) is 6.47. The topological polar surface area (TPSA) is 98.0 Å². The number of hydrogen-bond donors (Lipinski definition) is 2. The number of hydrogen-bond acceptors (Lipinski definition) is 6. The van der Waals surface area contributed by atoms with Crippen LogP contribution in [0, 0.1) is 0 Å². The fourth-order valence-electron chi connectivity index (χ4n) is 4.22. The molecule has 1 saturated carbocycles. The molecule has 0 saturated heterocycles. The molecule has 1 fully saturated rings. The average Bonchev–Trinajstić information content (AvgIpc) is 2.85. The van der Waals surface area contributed by atoms with E-state index in [1.807, 2.05) is 30.3 Å². The van der Waals surface area contributed by atoms with Gasteiger partial charge >= 0.3 is 0 Å². The second kappa shape index (κ2) is 9.83. The highest BCUT2D eigenvalue weighted by molar-refractivity contribution is 5.92. The molecule has 0 bridgehead atoms. The number of aliphatic hydroxyl groups excluding tert-OH is 1. The minimum absolute atomic E-state index is 0.0207. The van der Waals surface area contributed by atoms with E-state index in [-0.39, 0.29) is 36.4 Å². The monoisotopic (exact) mass is 461 g/mol. The molecule has 0 radical (unpaired) electrons. The van der Waals surface area contributed by atoms with Gasteiger partial charge in [0.1, 0.15) is 5.58 Å². The molecule has 0 unspecified atom stereocenters. The predicted molar refractivity (Wildman–Crippen MR) is 126 cm³/mol. The summed E-state index contributed by atoms with van der Waals surface area (Å²) in [5.74, 6) is -0.518. The van der Waals surface area contributed by atoms with E-state index >= 15 is 0 Å². The number of amides is 1. The van der Waals surface area contributed by atoms with Crippen LogP contribution in [0.5, 0.6) is 0 Å². The number of carbonyl (C=O) groups excluding carboxylic acids is 1. The lowest BCUT2D eigenvalue weighted by atomic mass is 9.92. The van der Waals surface area contributed by atoms with Crippen molar-refractivity contribution in [3.8, 4) is 0 Å². The number of ether oxygens (including phenoxy) is 2. The molecule has 7 heteroatoms. The number of fused-ring (bicyclic) bond motifs is 1. The SMILES string of the molecule is O=C(NC1CCC1)C1=C[C@@H](c2coc3ccccc3c2=O)C[C@@H](OCc2ccc(CO)cc2)O1. The van der Waals surface area contributed by atoms with Gasteiger partial charge in [-0.2, -0.15) is 0 Å². The zero-order valence-corrected chi connectivity index (χ0v) is 18.7. The molecule has 2 N–H and O–H groups in total. The fraction of sp³-hybridized carbons (Fsp3) is 0.333. The Morgan fingerprint density at radius 1 is 1.09 bits per heavy atom. The molecule has 7 nitrogen and oxygen atoms in total. The summed E-state index contributed by atoms with van der Waals surface area (Å²) in [7, 11) is 0. The number of aliphatic hydroxyl groups is 1. The molecule has 176 valence electrons. The molecule has 2 aromatic carbocycles. The summed E-state index contributed by atoms with van der Waals surface area (Å²) in [6, 6.07) is 14.7. The van der Waals surface area contributed by atoms with Gasteiger partial charge in [-0.25, -0.2) is 0 Å². The van der Waals surface area contributed by atoms with E-state index in [1.165, 1.54) is 6.26 Å². The summed E-state index contributed by atoms with van der Waals surface area (Å²) in [5.41, 5.74) is 2.60. The van der Waals surface area contributed by atoms with Crippen molar-refractivity contribution in [3.63, 3.8) is 0 Å². The number of allylic oxidation sites excluding steroid dienone is 1. The molecule has 1 amide bonds. The molecular weight excluding hydrogens is 434 g/mol. The van der Waals surface area contributed by atoms with Crippen molar-refractivity contribution in [3.05, 3.63) is 93.5 Å². The zero-order chi connectivity index (χ0) is 23.5.